The minimum atomic E-state index is -0.408. The minimum absolute atomic E-state index is 0.0569. The van der Waals surface area contributed by atoms with Crippen LogP contribution in [0.15, 0.2) is 54.6 Å². The second kappa shape index (κ2) is 8.73. The SMILES string of the molecule is COc1ccc(NC(=O)N[C@@H](CC(=O)N(C)C)c2ccccc2)cc1. The Morgan fingerprint density at radius 2 is 1.68 bits per heavy atom. The summed E-state index contributed by atoms with van der Waals surface area (Å²) in [6.45, 7) is 0. The Hall–Kier alpha value is -3.02. The van der Waals surface area contributed by atoms with Crippen molar-refractivity contribution >= 4 is 17.6 Å². The summed E-state index contributed by atoms with van der Waals surface area (Å²) in [6.07, 6.45) is 0.188. The van der Waals surface area contributed by atoms with E-state index in [4.69, 9.17) is 4.74 Å². The van der Waals surface area contributed by atoms with Gasteiger partial charge in [-0.2, -0.15) is 0 Å². The van der Waals surface area contributed by atoms with Gasteiger partial charge in [-0.05, 0) is 29.8 Å². The zero-order valence-electron chi connectivity index (χ0n) is 14.7. The first-order chi connectivity index (χ1) is 12.0. The van der Waals surface area contributed by atoms with Gasteiger partial charge < -0.3 is 20.3 Å². The maximum atomic E-state index is 12.3. The van der Waals surface area contributed by atoms with Crippen LogP contribution in [0.5, 0.6) is 5.75 Å². The summed E-state index contributed by atoms with van der Waals surface area (Å²) in [6, 6.07) is 15.7. The van der Waals surface area contributed by atoms with Crippen LogP contribution in [0.3, 0.4) is 0 Å². The summed E-state index contributed by atoms with van der Waals surface area (Å²) in [4.78, 5) is 25.9. The monoisotopic (exact) mass is 341 g/mol. The van der Waals surface area contributed by atoms with Crippen molar-refractivity contribution in [1.29, 1.82) is 0 Å². The Morgan fingerprint density at radius 3 is 2.24 bits per heavy atom. The third kappa shape index (κ3) is 5.53. The summed E-state index contributed by atoms with van der Waals surface area (Å²) < 4.78 is 5.09. The third-order valence-electron chi connectivity index (χ3n) is 3.73. The number of carbonyl (C=O) groups is 2. The van der Waals surface area contributed by atoms with Gasteiger partial charge in [0.15, 0.2) is 0 Å². The number of amides is 3. The number of rotatable bonds is 6. The fourth-order valence-electron chi connectivity index (χ4n) is 2.29. The van der Waals surface area contributed by atoms with Crippen molar-refractivity contribution in [3.8, 4) is 5.75 Å². The lowest BCUT2D eigenvalue weighted by molar-refractivity contribution is -0.129. The Balaban J connectivity index is 2.06. The largest absolute Gasteiger partial charge is 0.497 e. The number of methoxy groups -OCH3 is 1. The van der Waals surface area contributed by atoms with Gasteiger partial charge in [-0.1, -0.05) is 30.3 Å². The molecular formula is C19H23N3O3. The summed E-state index contributed by atoms with van der Waals surface area (Å²) in [5.41, 5.74) is 1.52. The van der Waals surface area contributed by atoms with Crippen molar-refractivity contribution in [3.05, 3.63) is 60.2 Å². The normalized spacial score (nSPS) is 11.3. The van der Waals surface area contributed by atoms with Crippen LogP contribution in [0.2, 0.25) is 0 Å². The number of urea groups is 1. The number of hydrogen-bond acceptors (Lipinski definition) is 3. The smallest absolute Gasteiger partial charge is 0.319 e. The maximum Gasteiger partial charge on any atom is 0.319 e. The first kappa shape index (κ1) is 18.3. The highest BCUT2D eigenvalue weighted by molar-refractivity contribution is 5.90. The highest BCUT2D eigenvalue weighted by Gasteiger charge is 2.19. The lowest BCUT2D eigenvalue weighted by Crippen LogP contribution is -2.36. The molecule has 0 aliphatic carbocycles. The van der Waals surface area contributed by atoms with Crippen molar-refractivity contribution in [2.45, 2.75) is 12.5 Å². The fourth-order valence-corrected chi connectivity index (χ4v) is 2.29. The van der Waals surface area contributed by atoms with Crippen molar-refractivity contribution < 1.29 is 14.3 Å². The molecule has 0 saturated heterocycles. The Kier molecular flexibility index (Phi) is 6.39. The Labute approximate surface area is 147 Å². The molecule has 0 saturated carbocycles. The molecule has 6 heteroatoms. The zero-order valence-corrected chi connectivity index (χ0v) is 14.7. The molecule has 25 heavy (non-hydrogen) atoms. The van der Waals surface area contributed by atoms with E-state index in [1.807, 2.05) is 30.3 Å². The van der Waals surface area contributed by atoms with E-state index in [0.29, 0.717) is 11.4 Å². The highest BCUT2D eigenvalue weighted by Crippen LogP contribution is 2.19. The molecule has 1 atom stereocenters. The van der Waals surface area contributed by atoms with E-state index < -0.39 is 6.04 Å². The van der Waals surface area contributed by atoms with Crippen LogP contribution in [0.4, 0.5) is 10.5 Å². The molecule has 0 unspecified atom stereocenters. The average Bonchev–Trinajstić information content (AvgIpc) is 2.62. The van der Waals surface area contributed by atoms with Gasteiger partial charge in [-0.15, -0.1) is 0 Å². The molecule has 6 nitrogen and oxygen atoms in total. The van der Waals surface area contributed by atoms with Crippen LogP contribution in [0, 0.1) is 0 Å². The number of ether oxygens (including phenoxy) is 1. The van der Waals surface area contributed by atoms with Gasteiger partial charge in [0.25, 0.3) is 0 Å². The first-order valence-corrected chi connectivity index (χ1v) is 7.96. The number of anilines is 1. The quantitative estimate of drug-likeness (QED) is 0.848. The van der Waals surface area contributed by atoms with Gasteiger partial charge in [-0.25, -0.2) is 4.79 Å². The molecule has 2 N–H and O–H groups in total. The second-order valence-corrected chi connectivity index (χ2v) is 5.78. The van der Waals surface area contributed by atoms with E-state index in [2.05, 4.69) is 10.6 Å². The van der Waals surface area contributed by atoms with Crippen molar-refractivity contribution in [3.63, 3.8) is 0 Å². The third-order valence-corrected chi connectivity index (χ3v) is 3.73. The fraction of sp³-hybridized carbons (Fsp3) is 0.263. The topological polar surface area (TPSA) is 70.7 Å². The predicted molar refractivity (Wildman–Crippen MR) is 97.6 cm³/mol. The second-order valence-electron chi connectivity index (χ2n) is 5.78. The zero-order chi connectivity index (χ0) is 18.2. The van der Waals surface area contributed by atoms with Gasteiger partial charge in [-0.3, -0.25) is 4.79 Å². The summed E-state index contributed by atoms with van der Waals surface area (Å²) >= 11 is 0. The van der Waals surface area contributed by atoms with Crippen LogP contribution >= 0.6 is 0 Å². The van der Waals surface area contributed by atoms with E-state index in [1.165, 1.54) is 4.90 Å². The van der Waals surface area contributed by atoms with Crippen LogP contribution < -0.4 is 15.4 Å². The van der Waals surface area contributed by atoms with Crippen LogP contribution in [0.25, 0.3) is 0 Å². The van der Waals surface area contributed by atoms with E-state index in [1.54, 1.807) is 45.5 Å². The standard InChI is InChI=1S/C19H23N3O3/c1-22(2)18(23)13-17(14-7-5-4-6-8-14)21-19(24)20-15-9-11-16(25-3)12-10-15/h4-12,17H,13H2,1-3H3,(H2,20,21,24)/t17-/m0/s1. The van der Waals surface area contributed by atoms with E-state index in [-0.39, 0.29) is 18.4 Å². The summed E-state index contributed by atoms with van der Waals surface area (Å²) in [5, 5.41) is 5.63. The number of carbonyl (C=O) groups excluding carboxylic acids is 2. The first-order valence-electron chi connectivity index (χ1n) is 7.96. The molecule has 132 valence electrons. The number of nitrogens with one attached hydrogen (secondary N) is 2. The molecule has 0 heterocycles. The number of benzene rings is 2. The predicted octanol–water partition coefficient (Wildman–Crippen LogP) is 3.04. The molecule has 0 aliphatic heterocycles. The van der Waals surface area contributed by atoms with E-state index in [0.717, 1.165) is 5.56 Å². The summed E-state index contributed by atoms with van der Waals surface area (Å²) in [5.74, 6) is 0.656. The molecule has 2 rings (SSSR count). The molecule has 0 radical (unpaired) electrons. The maximum absolute atomic E-state index is 12.3. The van der Waals surface area contributed by atoms with Gasteiger partial charge in [0, 0.05) is 19.8 Å². The molecule has 3 amide bonds. The molecule has 0 fully saturated rings. The molecule has 0 bridgehead atoms. The van der Waals surface area contributed by atoms with Crippen molar-refractivity contribution in [2.75, 3.05) is 26.5 Å². The highest BCUT2D eigenvalue weighted by atomic mass is 16.5. The lowest BCUT2D eigenvalue weighted by atomic mass is 10.0. The van der Waals surface area contributed by atoms with Crippen LogP contribution in [0.1, 0.15) is 18.0 Å². The number of hydrogen-bond donors (Lipinski definition) is 2. The van der Waals surface area contributed by atoms with Crippen LogP contribution in [-0.2, 0) is 4.79 Å². The van der Waals surface area contributed by atoms with Crippen molar-refractivity contribution in [2.24, 2.45) is 0 Å². The lowest BCUT2D eigenvalue weighted by Gasteiger charge is -2.21. The van der Waals surface area contributed by atoms with Gasteiger partial charge >= 0.3 is 6.03 Å². The minimum Gasteiger partial charge on any atom is -0.497 e. The molecular weight excluding hydrogens is 318 g/mol. The number of nitrogens with zero attached hydrogens (tertiary/aromatic N) is 1. The van der Waals surface area contributed by atoms with Crippen LogP contribution in [-0.4, -0.2) is 38.0 Å². The molecule has 0 aromatic heterocycles. The van der Waals surface area contributed by atoms with Crippen molar-refractivity contribution in [1.82, 2.24) is 10.2 Å². The van der Waals surface area contributed by atoms with E-state index in [9.17, 15) is 9.59 Å². The average molecular weight is 341 g/mol. The Bertz CT molecular complexity index is 700. The molecule has 2 aromatic carbocycles. The molecule has 0 aliphatic rings. The van der Waals surface area contributed by atoms with Gasteiger partial charge in [0.05, 0.1) is 19.6 Å². The Morgan fingerprint density at radius 1 is 1.04 bits per heavy atom. The van der Waals surface area contributed by atoms with Gasteiger partial charge in [0.1, 0.15) is 5.75 Å². The van der Waals surface area contributed by atoms with Gasteiger partial charge in [0.2, 0.25) is 5.91 Å². The molecule has 0 spiro atoms. The molecule has 2 aromatic rings. The summed E-state index contributed by atoms with van der Waals surface area (Å²) in [7, 11) is 4.98. The van der Waals surface area contributed by atoms with E-state index >= 15 is 0 Å².